The molecule has 0 amide bonds. The number of hydrogen-bond donors (Lipinski definition) is 3. The normalized spacial score (nSPS) is 16.4. The summed E-state index contributed by atoms with van der Waals surface area (Å²) in [6.07, 6.45) is 8.90. The molecule has 3 rings (SSSR count). The van der Waals surface area contributed by atoms with Gasteiger partial charge < -0.3 is 14.9 Å². The van der Waals surface area contributed by atoms with Gasteiger partial charge in [0.2, 0.25) is 0 Å². The summed E-state index contributed by atoms with van der Waals surface area (Å²) in [7, 11) is -4.11. The molecule has 1 aromatic carbocycles. The van der Waals surface area contributed by atoms with E-state index in [1.54, 1.807) is 24.5 Å². The fourth-order valence-electron chi connectivity index (χ4n) is 4.53. The number of carboxylic acids is 1. The topological polar surface area (TPSA) is 111 Å². The molecule has 1 aromatic heterocycles. The second kappa shape index (κ2) is 11.0. The van der Waals surface area contributed by atoms with Crippen molar-refractivity contribution in [2.45, 2.75) is 63.8 Å². The van der Waals surface area contributed by atoms with E-state index < -0.39 is 13.6 Å². The predicted octanol–water partition coefficient (Wildman–Crippen LogP) is 4.19. The van der Waals surface area contributed by atoms with Gasteiger partial charge in [-0.1, -0.05) is 43.5 Å². The number of rotatable bonds is 10. The zero-order valence-electron chi connectivity index (χ0n) is 17.6. The SMILES string of the molecule is O=C(O)CC(C1CCCCC1)N(Cc1ccncc1)Cc1ccc(CP(=O)(O)O)cc1. The Morgan fingerprint density at radius 2 is 1.52 bits per heavy atom. The van der Waals surface area contributed by atoms with Gasteiger partial charge in [-0.15, -0.1) is 0 Å². The molecule has 7 nitrogen and oxygen atoms in total. The minimum Gasteiger partial charge on any atom is -0.481 e. The van der Waals surface area contributed by atoms with Crippen LogP contribution in [0.2, 0.25) is 0 Å². The first-order valence-corrected chi connectivity index (χ1v) is 12.6. The lowest BCUT2D eigenvalue weighted by Gasteiger charge is -2.38. The fourth-order valence-corrected chi connectivity index (χ4v) is 5.21. The summed E-state index contributed by atoms with van der Waals surface area (Å²) in [4.78, 5) is 36.4. The van der Waals surface area contributed by atoms with E-state index in [2.05, 4.69) is 9.88 Å². The number of benzene rings is 1. The Bertz CT molecular complexity index is 879. The predicted molar refractivity (Wildman–Crippen MR) is 118 cm³/mol. The zero-order valence-corrected chi connectivity index (χ0v) is 18.5. The molecule has 1 heterocycles. The van der Waals surface area contributed by atoms with Gasteiger partial charge in [-0.2, -0.15) is 0 Å². The van der Waals surface area contributed by atoms with E-state index in [1.807, 2.05) is 24.3 Å². The summed E-state index contributed by atoms with van der Waals surface area (Å²) in [5.41, 5.74) is 2.67. The molecule has 0 bridgehead atoms. The van der Waals surface area contributed by atoms with Gasteiger partial charge in [0.25, 0.3) is 0 Å². The maximum absolute atomic E-state index is 11.7. The van der Waals surface area contributed by atoms with Crippen molar-refractivity contribution >= 4 is 13.6 Å². The van der Waals surface area contributed by atoms with E-state index in [1.165, 1.54) is 6.42 Å². The van der Waals surface area contributed by atoms with Crippen molar-refractivity contribution in [3.8, 4) is 0 Å². The van der Waals surface area contributed by atoms with Crippen LogP contribution in [0.1, 0.15) is 55.2 Å². The molecule has 1 saturated carbocycles. The van der Waals surface area contributed by atoms with Crippen LogP contribution >= 0.6 is 7.60 Å². The third-order valence-corrected chi connectivity index (χ3v) is 6.76. The van der Waals surface area contributed by atoms with E-state index in [-0.39, 0.29) is 18.6 Å². The van der Waals surface area contributed by atoms with Crippen molar-refractivity contribution in [1.82, 2.24) is 9.88 Å². The minimum atomic E-state index is -4.11. The third-order valence-electron chi connectivity index (χ3n) is 5.98. The van der Waals surface area contributed by atoms with Crippen molar-refractivity contribution < 1.29 is 24.3 Å². The second-order valence-corrected chi connectivity index (χ2v) is 10.1. The Balaban J connectivity index is 1.83. The Morgan fingerprint density at radius 3 is 2.06 bits per heavy atom. The average molecular weight is 446 g/mol. The number of pyridine rings is 1. The number of carboxylic acid groups (broad SMARTS) is 1. The summed E-state index contributed by atoms with van der Waals surface area (Å²) < 4.78 is 11.3. The quantitative estimate of drug-likeness (QED) is 0.470. The Morgan fingerprint density at radius 1 is 0.968 bits per heavy atom. The van der Waals surface area contributed by atoms with Crippen LogP contribution in [0, 0.1) is 5.92 Å². The van der Waals surface area contributed by atoms with Crippen molar-refractivity contribution in [2.75, 3.05) is 0 Å². The Kier molecular flexibility index (Phi) is 8.38. The number of aliphatic carboxylic acids is 1. The highest BCUT2D eigenvalue weighted by Crippen LogP contribution is 2.39. The third kappa shape index (κ3) is 7.86. The molecule has 2 aromatic rings. The van der Waals surface area contributed by atoms with Crippen LogP contribution in [0.5, 0.6) is 0 Å². The summed E-state index contributed by atoms with van der Waals surface area (Å²) >= 11 is 0. The van der Waals surface area contributed by atoms with E-state index in [0.29, 0.717) is 24.6 Å². The maximum atomic E-state index is 11.7. The van der Waals surface area contributed by atoms with E-state index in [4.69, 9.17) is 0 Å². The monoisotopic (exact) mass is 446 g/mol. The van der Waals surface area contributed by atoms with Crippen molar-refractivity contribution in [3.63, 3.8) is 0 Å². The first kappa shape index (κ1) is 23.6. The van der Waals surface area contributed by atoms with Crippen molar-refractivity contribution in [1.29, 1.82) is 0 Å². The minimum absolute atomic E-state index is 0.0688. The van der Waals surface area contributed by atoms with Gasteiger partial charge >= 0.3 is 13.6 Å². The summed E-state index contributed by atoms with van der Waals surface area (Å²) in [5.74, 6) is -0.437. The van der Waals surface area contributed by atoms with E-state index >= 15 is 0 Å². The van der Waals surface area contributed by atoms with Crippen LogP contribution < -0.4 is 0 Å². The molecule has 0 aliphatic heterocycles. The molecule has 1 aliphatic carbocycles. The molecule has 168 valence electrons. The molecule has 1 atom stereocenters. The lowest BCUT2D eigenvalue weighted by Crippen LogP contribution is -2.42. The van der Waals surface area contributed by atoms with Gasteiger partial charge in [0.1, 0.15) is 0 Å². The smallest absolute Gasteiger partial charge is 0.329 e. The van der Waals surface area contributed by atoms with Crippen molar-refractivity contribution in [3.05, 3.63) is 65.5 Å². The zero-order chi connectivity index (χ0) is 22.3. The molecule has 0 saturated heterocycles. The molecular weight excluding hydrogens is 415 g/mol. The van der Waals surface area contributed by atoms with Gasteiger partial charge in [-0.3, -0.25) is 19.2 Å². The highest BCUT2D eigenvalue weighted by Gasteiger charge is 2.31. The van der Waals surface area contributed by atoms with Crippen LogP contribution in [0.4, 0.5) is 0 Å². The molecule has 0 spiro atoms. The average Bonchev–Trinajstić information content (AvgIpc) is 2.73. The standard InChI is InChI=1S/C23H31N2O5P/c26-23(27)14-22(21-4-2-1-3-5-21)25(16-19-10-12-24-13-11-19)15-18-6-8-20(9-7-18)17-31(28,29)30/h6-13,21-22H,1-5,14-17H2,(H,26,27)(H2,28,29,30). The first-order valence-electron chi connectivity index (χ1n) is 10.8. The van der Waals surface area contributed by atoms with Crippen LogP contribution in [0.3, 0.4) is 0 Å². The summed E-state index contributed by atoms with van der Waals surface area (Å²) in [5, 5.41) is 9.63. The Labute approximate surface area is 183 Å². The van der Waals surface area contributed by atoms with Gasteiger partial charge in [-0.25, -0.2) is 0 Å². The van der Waals surface area contributed by atoms with Crippen molar-refractivity contribution in [2.24, 2.45) is 5.92 Å². The molecule has 31 heavy (non-hydrogen) atoms. The molecule has 1 unspecified atom stereocenters. The molecule has 8 heteroatoms. The first-order chi connectivity index (χ1) is 14.8. The van der Waals surface area contributed by atoms with E-state index in [0.717, 1.165) is 36.8 Å². The number of hydrogen-bond acceptors (Lipinski definition) is 4. The van der Waals surface area contributed by atoms with Gasteiger partial charge in [0.05, 0.1) is 12.6 Å². The number of carbonyl (C=O) groups is 1. The lowest BCUT2D eigenvalue weighted by molar-refractivity contribution is -0.139. The second-order valence-electron chi connectivity index (χ2n) is 8.46. The van der Waals surface area contributed by atoms with Gasteiger partial charge in [0, 0.05) is 31.5 Å². The molecule has 1 fully saturated rings. The largest absolute Gasteiger partial charge is 0.481 e. The van der Waals surface area contributed by atoms with Gasteiger partial charge in [0.15, 0.2) is 0 Å². The fraction of sp³-hybridized carbons (Fsp3) is 0.478. The molecular formula is C23H31N2O5P. The molecule has 0 radical (unpaired) electrons. The molecule has 1 aliphatic rings. The number of aromatic nitrogens is 1. The van der Waals surface area contributed by atoms with Crippen LogP contribution in [-0.2, 0) is 28.6 Å². The summed E-state index contributed by atoms with van der Waals surface area (Å²) in [6.45, 7) is 1.20. The summed E-state index contributed by atoms with van der Waals surface area (Å²) in [6, 6.07) is 11.1. The van der Waals surface area contributed by atoms with Crippen LogP contribution in [0.25, 0.3) is 0 Å². The lowest BCUT2D eigenvalue weighted by atomic mass is 9.81. The number of nitrogens with zero attached hydrogens (tertiary/aromatic N) is 2. The highest BCUT2D eigenvalue weighted by molar-refractivity contribution is 7.50. The van der Waals surface area contributed by atoms with E-state index in [9.17, 15) is 24.3 Å². The maximum Gasteiger partial charge on any atom is 0.329 e. The Hall–Kier alpha value is -2.05. The molecule has 3 N–H and O–H groups in total. The van der Waals surface area contributed by atoms with Gasteiger partial charge in [-0.05, 0) is 47.6 Å². The highest BCUT2D eigenvalue weighted by atomic mass is 31.2. The van der Waals surface area contributed by atoms with Crippen LogP contribution in [-0.4, -0.2) is 36.8 Å². The van der Waals surface area contributed by atoms with Crippen LogP contribution in [0.15, 0.2) is 48.8 Å².